The molecule has 1 atom stereocenters. The molecule has 1 N–H and O–H groups in total. The summed E-state index contributed by atoms with van der Waals surface area (Å²) in [5.41, 5.74) is 1.16. The minimum Gasteiger partial charge on any atom is -0.340 e. The first-order chi connectivity index (χ1) is 8.50. The van der Waals surface area contributed by atoms with Crippen molar-refractivity contribution in [3.63, 3.8) is 0 Å². The summed E-state index contributed by atoms with van der Waals surface area (Å²) in [4.78, 5) is 13.7. The third-order valence-corrected chi connectivity index (χ3v) is 3.26. The maximum Gasteiger partial charge on any atom is 0.236 e. The van der Waals surface area contributed by atoms with Crippen LogP contribution < -0.4 is 5.32 Å². The van der Waals surface area contributed by atoms with Gasteiger partial charge in [-0.2, -0.15) is 0 Å². The Labute approximate surface area is 110 Å². The number of hydrogen-bond donors (Lipinski definition) is 1. The minimum absolute atomic E-state index is 0.131. The van der Waals surface area contributed by atoms with E-state index in [0.717, 1.165) is 5.56 Å². The van der Waals surface area contributed by atoms with Crippen LogP contribution in [-0.2, 0) is 11.3 Å². The van der Waals surface area contributed by atoms with E-state index in [4.69, 9.17) is 0 Å². The molecule has 0 saturated heterocycles. The van der Waals surface area contributed by atoms with Gasteiger partial charge in [-0.25, -0.2) is 0 Å². The summed E-state index contributed by atoms with van der Waals surface area (Å²) < 4.78 is 0. The molecule has 0 aliphatic carbocycles. The number of rotatable bonds is 6. The molecule has 0 saturated carbocycles. The van der Waals surface area contributed by atoms with Crippen molar-refractivity contribution in [2.45, 2.75) is 33.4 Å². The van der Waals surface area contributed by atoms with Crippen molar-refractivity contribution < 1.29 is 4.79 Å². The molecule has 1 aromatic rings. The molecule has 0 spiro atoms. The molecule has 1 rings (SSSR count). The van der Waals surface area contributed by atoms with Crippen LogP contribution in [0.3, 0.4) is 0 Å². The van der Waals surface area contributed by atoms with Crippen LogP contribution in [0, 0.1) is 5.92 Å². The van der Waals surface area contributed by atoms with Crippen LogP contribution >= 0.6 is 0 Å². The number of hydrogen-bond acceptors (Lipinski definition) is 2. The molecule has 3 nitrogen and oxygen atoms in total. The molecule has 0 bridgehead atoms. The second-order valence-electron chi connectivity index (χ2n) is 5.15. The van der Waals surface area contributed by atoms with E-state index in [1.165, 1.54) is 0 Å². The number of nitrogens with one attached hydrogen (secondary N) is 1. The highest BCUT2D eigenvalue weighted by molar-refractivity contribution is 5.78. The second-order valence-corrected chi connectivity index (χ2v) is 5.15. The SMILES string of the molecule is CC(C)C(C)NCC(=O)N(C)Cc1ccccc1. The standard InChI is InChI=1S/C15H24N2O/c1-12(2)13(3)16-10-15(18)17(4)11-14-8-6-5-7-9-14/h5-9,12-13,16H,10-11H2,1-4H3. The Balaban J connectivity index is 2.38. The van der Waals surface area contributed by atoms with Gasteiger partial charge >= 0.3 is 0 Å². The van der Waals surface area contributed by atoms with Crippen LogP contribution in [0.5, 0.6) is 0 Å². The fourth-order valence-electron chi connectivity index (χ4n) is 1.56. The lowest BCUT2D eigenvalue weighted by Gasteiger charge is -2.21. The lowest BCUT2D eigenvalue weighted by Crippen LogP contribution is -2.40. The Hall–Kier alpha value is -1.35. The molecule has 100 valence electrons. The number of amides is 1. The Morgan fingerprint density at radius 1 is 1.22 bits per heavy atom. The van der Waals surface area contributed by atoms with Gasteiger partial charge in [0.25, 0.3) is 0 Å². The highest BCUT2D eigenvalue weighted by atomic mass is 16.2. The summed E-state index contributed by atoms with van der Waals surface area (Å²) in [6.45, 7) is 7.47. The number of likely N-dealkylation sites (N-methyl/N-ethyl adjacent to an activating group) is 1. The predicted octanol–water partition coefficient (Wildman–Crippen LogP) is 2.28. The van der Waals surface area contributed by atoms with Crippen molar-refractivity contribution in [3.8, 4) is 0 Å². The van der Waals surface area contributed by atoms with Gasteiger partial charge in [0, 0.05) is 19.6 Å². The third kappa shape index (κ3) is 4.88. The smallest absolute Gasteiger partial charge is 0.236 e. The van der Waals surface area contributed by atoms with Crippen molar-refractivity contribution in [1.29, 1.82) is 0 Å². The summed E-state index contributed by atoms with van der Waals surface area (Å²) in [5.74, 6) is 0.670. The molecule has 0 aliphatic heterocycles. The summed E-state index contributed by atoms with van der Waals surface area (Å²) in [6, 6.07) is 10.4. The topological polar surface area (TPSA) is 32.3 Å². The van der Waals surface area contributed by atoms with Crippen LogP contribution in [0.1, 0.15) is 26.3 Å². The number of carbonyl (C=O) groups excluding carboxylic acids is 1. The van der Waals surface area contributed by atoms with E-state index in [1.807, 2.05) is 37.4 Å². The average Bonchev–Trinajstić information content (AvgIpc) is 2.36. The monoisotopic (exact) mass is 248 g/mol. The average molecular weight is 248 g/mol. The van der Waals surface area contributed by atoms with Gasteiger partial charge in [0.2, 0.25) is 5.91 Å². The number of benzene rings is 1. The van der Waals surface area contributed by atoms with Gasteiger partial charge in [-0.15, -0.1) is 0 Å². The van der Waals surface area contributed by atoms with E-state index in [1.54, 1.807) is 4.90 Å². The molecule has 0 aromatic heterocycles. The van der Waals surface area contributed by atoms with Gasteiger partial charge in [0.15, 0.2) is 0 Å². The van der Waals surface area contributed by atoms with E-state index in [0.29, 0.717) is 25.0 Å². The molecule has 0 fully saturated rings. The molecular formula is C15H24N2O. The molecular weight excluding hydrogens is 224 g/mol. The summed E-state index contributed by atoms with van der Waals surface area (Å²) >= 11 is 0. The molecule has 1 aromatic carbocycles. The molecule has 18 heavy (non-hydrogen) atoms. The maximum atomic E-state index is 11.9. The zero-order valence-corrected chi connectivity index (χ0v) is 11.8. The molecule has 0 aliphatic rings. The second kappa shape index (κ2) is 7.17. The van der Waals surface area contributed by atoms with Crippen molar-refractivity contribution in [3.05, 3.63) is 35.9 Å². The first-order valence-electron chi connectivity index (χ1n) is 6.52. The van der Waals surface area contributed by atoms with Gasteiger partial charge in [-0.1, -0.05) is 44.2 Å². The number of nitrogens with zero attached hydrogens (tertiary/aromatic N) is 1. The fraction of sp³-hybridized carbons (Fsp3) is 0.533. The Kier molecular flexibility index (Phi) is 5.86. The third-order valence-electron chi connectivity index (χ3n) is 3.26. The van der Waals surface area contributed by atoms with E-state index in [9.17, 15) is 4.79 Å². The Morgan fingerprint density at radius 2 is 1.83 bits per heavy atom. The molecule has 1 unspecified atom stereocenters. The van der Waals surface area contributed by atoms with E-state index in [2.05, 4.69) is 26.1 Å². The van der Waals surface area contributed by atoms with Crippen molar-refractivity contribution in [1.82, 2.24) is 10.2 Å². The lowest BCUT2D eigenvalue weighted by atomic mass is 10.1. The van der Waals surface area contributed by atoms with Gasteiger partial charge in [0.1, 0.15) is 0 Å². The Bertz CT molecular complexity index is 362. The van der Waals surface area contributed by atoms with Crippen molar-refractivity contribution >= 4 is 5.91 Å². The highest BCUT2D eigenvalue weighted by Crippen LogP contribution is 2.03. The highest BCUT2D eigenvalue weighted by Gasteiger charge is 2.12. The molecule has 1 amide bonds. The van der Waals surface area contributed by atoms with Crippen molar-refractivity contribution in [2.75, 3.05) is 13.6 Å². The normalized spacial score (nSPS) is 12.5. The van der Waals surface area contributed by atoms with Gasteiger partial charge in [-0.3, -0.25) is 4.79 Å². The lowest BCUT2D eigenvalue weighted by molar-refractivity contribution is -0.129. The van der Waals surface area contributed by atoms with Crippen LogP contribution in [0.25, 0.3) is 0 Å². The maximum absolute atomic E-state index is 11.9. The van der Waals surface area contributed by atoms with Crippen LogP contribution in [0.15, 0.2) is 30.3 Å². The molecule has 3 heteroatoms. The zero-order chi connectivity index (χ0) is 13.5. The fourth-order valence-corrected chi connectivity index (χ4v) is 1.56. The van der Waals surface area contributed by atoms with E-state index in [-0.39, 0.29) is 5.91 Å². The summed E-state index contributed by atoms with van der Waals surface area (Å²) in [7, 11) is 1.84. The summed E-state index contributed by atoms with van der Waals surface area (Å²) in [6.07, 6.45) is 0. The molecule has 0 heterocycles. The zero-order valence-electron chi connectivity index (χ0n) is 11.8. The van der Waals surface area contributed by atoms with Crippen molar-refractivity contribution in [2.24, 2.45) is 5.92 Å². The quantitative estimate of drug-likeness (QED) is 0.837. The first-order valence-corrected chi connectivity index (χ1v) is 6.52. The predicted molar refractivity (Wildman–Crippen MR) is 75.2 cm³/mol. The van der Waals surface area contributed by atoms with Crippen LogP contribution in [-0.4, -0.2) is 30.4 Å². The van der Waals surface area contributed by atoms with E-state index >= 15 is 0 Å². The van der Waals surface area contributed by atoms with Gasteiger partial charge in [0.05, 0.1) is 6.54 Å². The van der Waals surface area contributed by atoms with E-state index < -0.39 is 0 Å². The minimum atomic E-state index is 0.131. The van der Waals surface area contributed by atoms with Gasteiger partial charge in [-0.05, 0) is 18.4 Å². The number of carbonyl (C=O) groups is 1. The largest absolute Gasteiger partial charge is 0.340 e. The first kappa shape index (κ1) is 14.7. The van der Waals surface area contributed by atoms with Gasteiger partial charge < -0.3 is 10.2 Å². The van der Waals surface area contributed by atoms with Crippen LogP contribution in [0.2, 0.25) is 0 Å². The Morgan fingerprint density at radius 3 is 2.39 bits per heavy atom. The summed E-state index contributed by atoms with van der Waals surface area (Å²) in [5, 5.41) is 3.26. The molecule has 0 radical (unpaired) electrons. The van der Waals surface area contributed by atoms with Crippen LogP contribution in [0.4, 0.5) is 0 Å².